The summed E-state index contributed by atoms with van der Waals surface area (Å²) >= 11 is 1.24. The minimum absolute atomic E-state index is 0.000826. The number of rotatable bonds is 7. The third-order valence-electron chi connectivity index (χ3n) is 3.91. The van der Waals surface area contributed by atoms with Gasteiger partial charge in [-0.3, -0.25) is 10.1 Å². The molecule has 0 radical (unpaired) electrons. The van der Waals surface area contributed by atoms with Gasteiger partial charge in [-0.2, -0.15) is 0 Å². The Balaban J connectivity index is 1.85. The maximum absolute atomic E-state index is 12.0. The molecule has 0 fully saturated rings. The fourth-order valence-electron chi connectivity index (χ4n) is 2.44. The molecule has 0 amide bonds. The number of hydrogen-bond donors (Lipinski definition) is 0. The van der Waals surface area contributed by atoms with Crippen molar-refractivity contribution in [3.05, 3.63) is 52.1 Å². The van der Waals surface area contributed by atoms with Gasteiger partial charge in [-0.05, 0) is 18.2 Å². The van der Waals surface area contributed by atoms with Gasteiger partial charge in [-0.25, -0.2) is 13.4 Å². The molecule has 0 bridgehead atoms. The fourth-order valence-corrected chi connectivity index (χ4v) is 4.15. The van der Waals surface area contributed by atoms with Crippen molar-refractivity contribution >= 4 is 38.4 Å². The van der Waals surface area contributed by atoms with Gasteiger partial charge >= 0.3 is 0 Å². The molecule has 10 heteroatoms. The zero-order valence-electron chi connectivity index (χ0n) is 14.5. The van der Waals surface area contributed by atoms with Crippen LogP contribution in [-0.2, 0) is 15.6 Å². The van der Waals surface area contributed by atoms with Gasteiger partial charge in [-0.1, -0.05) is 18.7 Å². The molecule has 142 valence electrons. The van der Waals surface area contributed by atoms with E-state index in [1.165, 1.54) is 43.1 Å². The van der Waals surface area contributed by atoms with Gasteiger partial charge < -0.3 is 9.15 Å². The van der Waals surface area contributed by atoms with E-state index in [-0.39, 0.29) is 16.3 Å². The van der Waals surface area contributed by atoms with Crippen LogP contribution in [-0.4, -0.2) is 31.2 Å². The molecule has 0 N–H and O–H groups in total. The summed E-state index contributed by atoms with van der Waals surface area (Å²) < 4.78 is 34.8. The molecule has 1 aromatic heterocycles. The van der Waals surface area contributed by atoms with E-state index in [1.54, 1.807) is 19.1 Å². The first-order chi connectivity index (χ1) is 12.8. The van der Waals surface area contributed by atoms with E-state index in [0.717, 1.165) is 0 Å². The molecule has 0 saturated heterocycles. The summed E-state index contributed by atoms with van der Waals surface area (Å²) in [6.07, 6.45) is 0. The monoisotopic (exact) mass is 408 g/mol. The first-order valence-corrected chi connectivity index (χ1v) is 10.6. The summed E-state index contributed by atoms with van der Waals surface area (Å²) in [4.78, 5) is 15.0. The zero-order chi connectivity index (χ0) is 19.6. The smallest absolute Gasteiger partial charge is 0.270 e. The van der Waals surface area contributed by atoms with Crippen LogP contribution in [0.1, 0.15) is 12.5 Å². The molecule has 2 aromatic carbocycles. The highest BCUT2D eigenvalue weighted by atomic mass is 32.2. The lowest BCUT2D eigenvalue weighted by molar-refractivity contribution is -0.384. The topological polar surface area (TPSA) is 113 Å². The van der Waals surface area contributed by atoms with E-state index in [1.807, 2.05) is 0 Å². The number of oxazole rings is 1. The van der Waals surface area contributed by atoms with Crippen LogP contribution in [0, 0.1) is 10.1 Å². The van der Waals surface area contributed by atoms with Crippen LogP contribution in [0.5, 0.6) is 5.75 Å². The highest BCUT2D eigenvalue weighted by Gasteiger charge is 2.16. The Bertz CT molecular complexity index is 1110. The molecule has 0 unspecified atom stereocenters. The number of fused-ring (bicyclic) bond motifs is 1. The second kappa shape index (κ2) is 7.57. The number of sulfone groups is 1. The maximum atomic E-state index is 12.0. The van der Waals surface area contributed by atoms with Crippen molar-refractivity contribution in [2.24, 2.45) is 0 Å². The molecule has 8 nitrogen and oxygen atoms in total. The lowest BCUT2D eigenvalue weighted by Crippen LogP contribution is -2.02. The zero-order valence-corrected chi connectivity index (χ0v) is 16.2. The summed E-state index contributed by atoms with van der Waals surface area (Å²) in [5, 5.41) is 11.3. The molecule has 3 aromatic rings. The van der Waals surface area contributed by atoms with E-state index in [4.69, 9.17) is 9.15 Å². The summed E-state index contributed by atoms with van der Waals surface area (Å²) in [5.41, 5.74) is 1.52. The normalized spacial score (nSPS) is 11.6. The van der Waals surface area contributed by atoms with Crippen LogP contribution in [0.2, 0.25) is 0 Å². The standard InChI is InChI=1S/C17H16N2O6S2/c1-3-27(22,23)13-5-6-14-16(9-13)25-17(18-14)26-10-11-8-12(19(20)21)4-7-15(11)24-2/h4-9H,3,10H2,1-2H3. The number of nitro groups is 1. The first-order valence-electron chi connectivity index (χ1n) is 7.91. The van der Waals surface area contributed by atoms with Crippen molar-refractivity contribution in [3.8, 4) is 5.75 Å². The van der Waals surface area contributed by atoms with Gasteiger partial charge in [0.1, 0.15) is 11.3 Å². The van der Waals surface area contributed by atoms with Crippen LogP contribution < -0.4 is 4.74 Å². The third kappa shape index (κ3) is 4.06. The average Bonchev–Trinajstić information content (AvgIpc) is 3.08. The van der Waals surface area contributed by atoms with Crippen LogP contribution in [0.25, 0.3) is 11.1 Å². The van der Waals surface area contributed by atoms with E-state index < -0.39 is 14.8 Å². The van der Waals surface area contributed by atoms with Gasteiger partial charge in [0.25, 0.3) is 10.9 Å². The van der Waals surface area contributed by atoms with Crippen molar-refractivity contribution in [1.82, 2.24) is 4.98 Å². The number of aromatic nitrogens is 1. The Labute approximate surface area is 159 Å². The van der Waals surface area contributed by atoms with Crippen LogP contribution in [0.3, 0.4) is 0 Å². The third-order valence-corrected chi connectivity index (χ3v) is 6.51. The molecule has 1 heterocycles. The van der Waals surface area contributed by atoms with Gasteiger partial charge in [0, 0.05) is 29.5 Å². The number of nitrogens with zero attached hydrogens (tertiary/aromatic N) is 2. The molecule has 0 aliphatic rings. The molecule has 27 heavy (non-hydrogen) atoms. The minimum Gasteiger partial charge on any atom is -0.496 e. The lowest BCUT2D eigenvalue weighted by atomic mass is 10.2. The predicted octanol–water partition coefficient (Wildman–Crippen LogP) is 3.83. The Morgan fingerprint density at radius 3 is 2.70 bits per heavy atom. The Kier molecular flexibility index (Phi) is 5.38. The molecule has 0 spiro atoms. The van der Waals surface area contributed by atoms with Crippen molar-refractivity contribution in [2.45, 2.75) is 22.8 Å². The maximum Gasteiger partial charge on any atom is 0.270 e. The minimum atomic E-state index is -3.33. The number of thioether (sulfide) groups is 1. The molecular weight excluding hydrogens is 392 g/mol. The highest BCUT2D eigenvalue weighted by molar-refractivity contribution is 7.98. The van der Waals surface area contributed by atoms with E-state index in [2.05, 4.69) is 4.98 Å². The van der Waals surface area contributed by atoms with E-state index >= 15 is 0 Å². The summed E-state index contributed by atoms with van der Waals surface area (Å²) in [6, 6.07) is 8.92. The number of ether oxygens (including phenoxy) is 1. The number of hydrogen-bond acceptors (Lipinski definition) is 8. The predicted molar refractivity (Wildman–Crippen MR) is 101 cm³/mol. The van der Waals surface area contributed by atoms with Gasteiger partial charge in [0.05, 0.1) is 22.7 Å². The fraction of sp³-hybridized carbons (Fsp3) is 0.235. The van der Waals surface area contributed by atoms with Crippen molar-refractivity contribution in [3.63, 3.8) is 0 Å². The van der Waals surface area contributed by atoms with Crippen molar-refractivity contribution in [1.29, 1.82) is 0 Å². The van der Waals surface area contributed by atoms with Crippen LogP contribution in [0.15, 0.2) is 50.9 Å². The molecule has 0 aliphatic heterocycles. The Hall–Kier alpha value is -2.59. The van der Waals surface area contributed by atoms with Crippen LogP contribution >= 0.6 is 11.8 Å². The summed E-state index contributed by atoms with van der Waals surface area (Å²) in [5.74, 6) is 0.874. The average molecular weight is 408 g/mol. The molecule has 3 rings (SSSR count). The number of non-ortho nitro benzene ring substituents is 1. The number of methoxy groups -OCH3 is 1. The summed E-state index contributed by atoms with van der Waals surface area (Å²) in [7, 11) is -1.84. The molecular formula is C17H16N2O6S2. The van der Waals surface area contributed by atoms with Crippen LogP contribution in [0.4, 0.5) is 5.69 Å². The van der Waals surface area contributed by atoms with E-state index in [9.17, 15) is 18.5 Å². The largest absolute Gasteiger partial charge is 0.496 e. The first kappa shape index (κ1) is 19.2. The second-order valence-corrected chi connectivity index (χ2v) is 8.76. The van der Waals surface area contributed by atoms with Gasteiger partial charge in [0.15, 0.2) is 15.4 Å². The van der Waals surface area contributed by atoms with Crippen molar-refractivity contribution in [2.75, 3.05) is 12.9 Å². The Morgan fingerprint density at radius 1 is 1.26 bits per heavy atom. The van der Waals surface area contributed by atoms with E-state index in [0.29, 0.717) is 33.4 Å². The number of benzene rings is 2. The molecule has 0 saturated carbocycles. The Morgan fingerprint density at radius 2 is 2.04 bits per heavy atom. The quantitative estimate of drug-likeness (QED) is 0.329. The molecule has 0 aliphatic carbocycles. The summed E-state index contributed by atoms with van der Waals surface area (Å²) in [6.45, 7) is 1.58. The SMILES string of the molecule is CCS(=O)(=O)c1ccc2nc(SCc3cc([N+](=O)[O-])ccc3OC)oc2c1. The van der Waals surface area contributed by atoms with Gasteiger partial charge in [-0.15, -0.1) is 0 Å². The van der Waals surface area contributed by atoms with Gasteiger partial charge in [0.2, 0.25) is 0 Å². The molecule has 0 atom stereocenters. The van der Waals surface area contributed by atoms with Crippen molar-refractivity contribution < 1.29 is 22.5 Å². The lowest BCUT2D eigenvalue weighted by Gasteiger charge is -2.06. The number of nitro benzene ring substituents is 1. The second-order valence-electron chi connectivity index (χ2n) is 5.55. The highest BCUT2D eigenvalue weighted by Crippen LogP contribution is 2.32.